The van der Waals surface area contributed by atoms with Crippen LogP contribution in [0.1, 0.15) is 56.4 Å². The first-order chi connectivity index (χ1) is 19.4. The van der Waals surface area contributed by atoms with Crippen molar-refractivity contribution in [3.05, 3.63) is 65.8 Å². The lowest BCUT2D eigenvalue weighted by molar-refractivity contribution is -0.127. The summed E-state index contributed by atoms with van der Waals surface area (Å²) in [4.78, 5) is 30.9. The average molecular weight is 563 g/mol. The van der Waals surface area contributed by atoms with Crippen LogP contribution in [0.5, 0.6) is 17.2 Å². The summed E-state index contributed by atoms with van der Waals surface area (Å²) in [5.74, 6) is 2.16. The third kappa shape index (κ3) is 6.33. The maximum atomic E-state index is 12.5. The summed E-state index contributed by atoms with van der Waals surface area (Å²) in [7, 11) is 1.66. The second kappa shape index (κ2) is 12.6. The van der Waals surface area contributed by atoms with Crippen molar-refractivity contribution in [3.8, 4) is 17.2 Å². The first kappa shape index (κ1) is 27.8. The molecule has 5 rings (SSSR count). The Hall–Kier alpha value is -3.78. The van der Waals surface area contributed by atoms with Gasteiger partial charge in [-0.3, -0.25) is 9.78 Å². The second-order valence-corrected chi connectivity index (χ2v) is 10.8. The molecule has 2 N–H and O–H groups in total. The molecule has 2 aromatic carbocycles. The number of benzene rings is 2. The first-order valence-electron chi connectivity index (χ1n) is 13.9. The number of carbonyl (C=O) groups excluding carboxylic acids is 2. The van der Waals surface area contributed by atoms with Crippen molar-refractivity contribution in [1.29, 1.82) is 0 Å². The summed E-state index contributed by atoms with van der Waals surface area (Å²) in [6.07, 6.45) is 10.3. The SMILES string of the molecule is C=CC(=O)N1CCC(c2cc3c(Oc4ccc(NC(=O)NC5CCCCC5)c(Cl)c4)ccnc3cc2OC)CC1. The Morgan fingerprint density at radius 2 is 1.82 bits per heavy atom. The van der Waals surface area contributed by atoms with Crippen LogP contribution in [0.3, 0.4) is 0 Å². The smallest absolute Gasteiger partial charge is 0.319 e. The minimum atomic E-state index is -0.247. The molecule has 210 valence electrons. The number of hydrogen-bond donors (Lipinski definition) is 2. The molecule has 3 amide bonds. The van der Waals surface area contributed by atoms with E-state index in [4.69, 9.17) is 21.1 Å². The van der Waals surface area contributed by atoms with Crippen molar-refractivity contribution in [1.82, 2.24) is 15.2 Å². The Balaban J connectivity index is 1.33. The molecule has 0 unspecified atom stereocenters. The normalized spacial score (nSPS) is 16.4. The van der Waals surface area contributed by atoms with Gasteiger partial charge in [0.2, 0.25) is 5.91 Å². The van der Waals surface area contributed by atoms with Gasteiger partial charge in [-0.2, -0.15) is 0 Å². The summed E-state index contributed by atoms with van der Waals surface area (Å²) in [6, 6.07) is 11.0. The standard InChI is InChI=1S/C31H35ClN4O4/c1-3-30(37)36-15-12-20(13-16-36)23-18-24-27(19-29(23)39-2)33-14-11-28(24)40-22-9-10-26(25(32)17-22)35-31(38)34-21-7-5-4-6-8-21/h3,9-11,14,17-21H,1,4-8,12-13,15-16H2,2H3,(H2,34,35,38). The minimum Gasteiger partial charge on any atom is -0.496 e. The molecule has 0 radical (unpaired) electrons. The monoisotopic (exact) mass is 562 g/mol. The molecule has 9 heteroatoms. The highest BCUT2D eigenvalue weighted by Gasteiger charge is 2.26. The maximum Gasteiger partial charge on any atom is 0.319 e. The van der Waals surface area contributed by atoms with Crippen molar-refractivity contribution in [2.24, 2.45) is 0 Å². The predicted octanol–water partition coefficient (Wildman–Crippen LogP) is 7.04. The van der Waals surface area contributed by atoms with Crippen LogP contribution in [0.2, 0.25) is 5.02 Å². The summed E-state index contributed by atoms with van der Waals surface area (Å²) in [5, 5.41) is 7.14. The van der Waals surface area contributed by atoms with Gasteiger partial charge in [0.1, 0.15) is 17.2 Å². The van der Waals surface area contributed by atoms with E-state index in [2.05, 4.69) is 28.3 Å². The number of likely N-dealkylation sites (tertiary alicyclic amines) is 1. The highest BCUT2D eigenvalue weighted by molar-refractivity contribution is 6.33. The van der Waals surface area contributed by atoms with Crippen LogP contribution in [0.25, 0.3) is 10.9 Å². The third-order valence-corrected chi connectivity index (χ3v) is 8.14. The summed E-state index contributed by atoms with van der Waals surface area (Å²) < 4.78 is 12.0. The van der Waals surface area contributed by atoms with Gasteiger partial charge in [0.05, 0.1) is 23.3 Å². The van der Waals surface area contributed by atoms with Crippen LogP contribution in [0.4, 0.5) is 10.5 Å². The molecule has 0 spiro atoms. The number of methoxy groups -OCH3 is 1. The van der Waals surface area contributed by atoms with Crippen LogP contribution in [0, 0.1) is 0 Å². The van der Waals surface area contributed by atoms with Gasteiger partial charge in [-0.1, -0.05) is 37.4 Å². The van der Waals surface area contributed by atoms with E-state index in [1.54, 1.807) is 31.5 Å². The van der Waals surface area contributed by atoms with Gasteiger partial charge in [-0.25, -0.2) is 4.79 Å². The van der Waals surface area contributed by atoms with Gasteiger partial charge in [0, 0.05) is 42.8 Å². The van der Waals surface area contributed by atoms with E-state index in [9.17, 15) is 9.59 Å². The van der Waals surface area contributed by atoms with Crippen LogP contribution in [0.15, 0.2) is 55.3 Å². The number of pyridine rings is 1. The fraction of sp³-hybridized carbons (Fsp3) is 0.387. The molecule has 2 heterocycles. The molecule has 1 aromatic heterocycles. The van der Waals surface area contributed by atoms with Gasteiger partial charge < -0.3 is 25.0 Å². The molecule has 1 saturated carbocycles. The minimum absolute atomic E-state index is 0.0338. The van der Waals surface area contributed by atoms with Crippen LogP contribution in [-0.2, 0) is 4.79 Å². The van der Waals surface area contributed by atoms with E-state index in [0.717, 1.165) is 60.7 Å². The molecule has 3 aromatic rings. The molecule has 0 bridgehead atoms. The number of halogens is 1. The number of nitrogens with one attached hydrogen (secondary N) is 2. The number of piperidine rings is 1. The summed E-state index contributed by atoms with van der Waals surface area (Å²) >= 11 is 6.53. The van der Waals surface area contributed by atoms with Crippen molar-refractivity contribution in [2.45, 2.75) is 56.9 Å². The molecular formula is C31H35ClN4O4. The first-order valence-corrected chi connectivity index (χ1v) is 14.3. The largest absolute Gasteiger partial charge is 0.496 e. The number of carbonyl (C=O) groups is 2. The Labute approximate surface area is 239 Å². The Bertz CT molecular complexity index is 1400. The third-order valence-electron chi connectivity index (χ3n) is 7.83. The molecule has 1 saturated heterocycles. The Morgan fingerprint density at radius 1 is 1.05 bits per heavy atom. The second-order valence-electron chi connectivity index (χ2n) is 10.4. The van der Waals surface area contributed by atoms with E-state index in [-0.39, 0.29) is 23.9 Å². The molecule has 8 nitrogen and oxygen atoms in total. The fourth-order valence-electron chi connectivity index (χ4n) is 5.67. The predicted molar refractivity (Wildman–Crippen MR) is 158 cm³/mol. The van der Waals surface area contributed by atoms with Gasteiger partial charge in [-0.15, -0.1) is 0 Å². The zero-order valence-electron chi connectivity index (χ0n) is 22.7. The Morgan fingerprint density at radius 3 is 2.52 bits per heavy atom. The zero-order chi connectivity index (χ0) is 28.1. The van der Waals surface area contributed by atoms with E-state index in [1.807, 2.05) is 17.0 Å². The number of ether oxygens (including phenoxy) is 2. The number of urea groups is 1. The fourth-order valence-corrected chi connectivity index (χ4v) is 5.89. The van der Waals surface area contributed by atoms with Crippen molar-refractivity contribution in [3.63, 3.8) is 0 Å². The summed E-state index contributed by atoms with van der Waals surface area (Å²) in [5.41, 5.74) is 2.34. The summed E-state index contributed by atoms with van der Waals surface area (Å²) in [6.45, 7) is 4.94. The lowest BCUT2D eigenvalue weighted by atomic mass is 9.87. The van der Waals surface area contributed by atoms with Crippen LogP contribution >= 0.6 is 11.6 Å². The van der Waals surface area contributed by atoms with Crippen LogP contribution < -0.4 is 20.1 Å². The van der Waals surface area contributed by atoms with Gasteiger partial charge in [0.15, 0.2) is 0 Å². The topological polar surface area (TPSA) is 92.8 Å². The molecule has 0 atom stereocenters. The zero-order valence-corrected chi connectivity index (χ0v) is 23.5. The number of anilines is 1. The molecule has 1 aliphatic heterocycles. The maximum absolute atomic E-state index is 12.5. The highest BCUT2D eigenvalue weighted by Crippen LogP contribution is 2.40. The lowest BCUT2D eigenvalue weighted by Gasteiger charge is -2.32. The quantitative estimate of drug-likeness (QED) is 0.301. The van der Waals surface area contributed by atoms with Crippen molar-refractivity contribution < 1.29 is 19.1 Å². The number of rotatable bonds is 7. The molecule has 40 heavy (non-hydrogen) atoms. The van der Waals surface area contributed by atoms with Gasteiger partial charge in [0.25, 0.3) is 0 Å². The molecule has 1 aliphatic carbocycles. The number of fused-ring (bicyclic) bond motifs is 1. The lowest BCUT2D eigenvalue weighted by Crippen LogP contribution is -2.39. The number of hydrogen-bond acceptors (Lipinski definition) is 5. The van der Waals surface area contributed by atoms with Gasteiger partial charge in [-0.05, 0) is 67.5 Å². The average Bonchev–Trinajstić information content (AvgIpc) is 2.98. The molecular weight excluding hydrogens is 528 g/mol. The molecule has 2 aliphatic rings. The van der Waals surface area contributed by atoms with Crippen molar-refractivity contribution >= 4 is 40.1 Å². The Kier molecular flexibility index (Phi) is 8.75. The van der Waals surface area contributed by atoms with E-state index in [0.29, 0.717) is 35.3 Å². The highest BCUT2D eigenvalue weighted by atomic mass is 35.5. The number of amides is 3. The van der Waals surface area contributed by atoms with E-state index < -0.39 is 0 Å². The number of aromatic nitrogens is 1. The van der Waals surface area contributed by atoms with Crippen molar-refractivity contribution in [2.75, 3.05) is 25.5 Å². The van der Waals surface area contributed by atoms with E-state index >= 15 is 0 Å². The van der Waals surface area contributed by atoms with Gasteiger partial charge >= 0.3 is 6.03 Å². The number of nitrogens with zero attached hydrogens (tertiary/aromatic N) is 2. The van der Waals surface area contributed by atoms with Crippen LogP contribution in [-0.4, -0.2) is 48.1 Å². The van der Waals surface area contributed by atoms with E-state index in [1.165, 1.54) is 12.5 Å². The molecule has 2 fully saturated rings.